The van der Waals surface area contributed by atoms with Crippen molar-refractivity contribution < 1.29 is 0 Å². The molecule has 1 unspecified atom stereocenters. The molecule has 0 saturated carbocycles. The Balaban J connectivity index is 2.33. The Kier molecular flexibility index (Phi) is 5.12. The van der Waals surface area contributed by atoms with Crippen LogP contribution >= 0.6 is 11.6 Å². The third-order valence-electron chi connectivity index (χ3n) is 3.32. The van der Waals surface area contributed by atoms with Gasteiger partial charge >= 0.3 is 0 Å². The zero-order chi connectivity index (χ0) is 9.68. The summed E-state index contributed by atoms with van der Waals surface area (Å²) in [4.78, 5) is 2.59. The molecule has 0 N–H and O–H groups in total. The van der Waals surface area contributed by atoms with Crippen molar-refractivity contribution >= 4 is 11.6 Å². The molecule has 0 radical (unpaired) electrons. The van der Waals surface area contributed by atoms with Crippen LogP contribution in [0, 0.1) is 5.92 Å². The SMILES string of the molecule is CCC(CC)CN1CCCC1CCl. The van der Waals surface area contributed by atoms with E-state index >= 15 is 0 Å². The molecule has 1 fully saturated rings. The quantitative estimate of drug-likeness (QED) is 0.621. The van der Waals surface area contributed by atoms with E-state index in [4.69, 9.17) is 11.6 Å². The first kappa shape index (κ1) is 11.3. The summed E-state index contributed by atoms with van der Waals surface area (Å²) in [6, 6.07) is 0.669. The molecule has 1 heterocycles. The van der Waals surface area contributed by atoms with Crippen LogP contribution in [0.2, 0.25) is 0 Å². The first-order chi connectivity index (χ1) is 6.31. The average Bonchev–Trinajstić information content (AvgIpc) is 2.61. The predicted octanol–water partition coefficient (Wildman–Crippen LogP) is 3.13. The lowest BCUT2D eigenvalue weighted by atomic mass is 10.0. The van der Waals surface area contributed by atoms with Gasteiger partial charge in [0.25, 0.3) is 0 Å². The molecule has 13 heavy (non-hydrogen) atoms. The number of nitrogens with zero attached hydrogens (tertiary/aromatic N) is 1. The molecule has 1 aliphatic heterocycles. The minimum Gasteiger partial charge on any atom is -0.299 e. The Morgan fingerprint density at radius 3 is 2.62 bits per heavy atom. The molecule has 0 aromatic heterocycles. The molecule has 1 nitrogen and oxygen atoms in total. The molecule has 0 spiro atoms. The average molecular weight is 204 g/mol. The fraction of sp³-hybridized carbons (Fsp3) is 1.00. The van der Waals surface area contributed by atoms with E-state index in [2.05, 4.69) is 18.7 Å². The molecular formula is C11H22ClN. The Bertz CT molecular complexity index is 134. The van der Waals surface area contributed by atoms with Gasteiger partial charge in [-0.3, -0.25) is 4.90 Å². The van der Waals surface area contributed by atoms with Crippen molar-refractivity contribution in [2.45, 2.75) is 45.6 Å². The van der Waals surface area contributed by atoms with Crippen molar-refractivity contribution in [1.82, 2.24) is 4.90 Å². The van der Waals surface area contributed by atoms with Crippen LogP contribution in [0.25, 0.3) is 0 Å². The summed E-state index contributed by atoms with van der Waals surface area (Å²) >= 11 is 5.93. The Hall–Kier alpha value is 0.250. The van der Waals surface area contributed by atoms with Gasteiger partial charge in [0.1, 0.15) is 0 Å². The van der Waals surface area contributed by atoms with Gasteiger partial charge in [0.2, 0.25) is 0 Å². The van der Waals surface area contributed by atoms with Gasteiger partial charge in [0, 0.05) is 18.5 Å². The minimum atomic E-state index is 0.669. The molecule has 0 bridgehead atoms. The fourth-order valence-corrected chi connectivity index (χ4v) is 2.54. The maximum atomic E-state index is 5.93. The Labute approximate surface area is 87.4 Å². The van der Waals surface area contributed by atoms with E-state index in [1.54, 1.807) is 0 Å². The van der Waals surface area contributed by atoms with Crippen molar-refractivity contribution in [3.63, 3.8) is 0 Å². The van der Waals surface area contributed by atoms with E-state index in [1.807, 2.05) is 0 Å². The van der Waals surface area contributed by atoms with Crippen LogP contribution in [-0.2, 0) is 0 Å². The van der Waals surface area contributed by atoms with E-state index in [0.29, 0.717) is 6.04 Å². The Morgan fingerprint density at radius 2 is 2.08 bits per heavy atom. The van der Waals surface area contributed by atoms with Crippen LogP contribution in [0.4, 0.5) is 0 Å². The van der Waals surface area contributed by atoms with Crippen molar-refractivity contribution in [3.05, 3.63) is 0 Å². The summed E-state index contributed by atoms with van der Waals surface area (Å²) < 4.78 is 0. The largest absolute Gasteiger partial charge is 0.299 e. The Morgan fingerprint density at radius 1 is 1.38 bits per heavy atom. The van der Waals surface area contributed by atoms with E-state index < -0.39 is 0 Å². The second kappa shape index (κ2) is 5.87. The smallest absolute Gasteiger partial charge is 0.0379 e. The highest BCUT2D eigenvalue weighted by molar-refractivity contribution is 6.18. The third kappa shape index (κ3) is 3.14. The van der Waals surface area contributed by atoms with Gasteiger partial charge in [0.15, 0.2) is 0 Å². The zero-order valence-electron chi connectivity index (χ0n) is 8.93. The van der Waals surface area contributed by atoms with E-state index in [-0.39, 0.29) is 0 Å². The lowest BCUT2D eigenvalue weighted by molar-refractivity contribution is 0.220. The normalized spacial score (nSPS) is 24.5. The minimum absolute atomic E-state index is 0.669. The standard InChI is InChI=1S/C11H22ClN/c1-3-10(4-2)9-13-7-5-6-11(13)8-12/h10-11H,3-9H2,1-2H3. The predicted molar refractivity (Wildman–Crippen MR) is 59.4 cm³/mol. The number of hydrogen-bond donors (Lipinski definition) is 0. The molecule has 0 aromatic rings. The highest BCUT2D eigenvalue weighted by Gasteiger charge is 2.24. The second-order valence-corrected chi connectivity index (χ2v) is 4.44. The van der Waals surface area contributed by atoms with Gasteiger partial charge in [-0.05, 0) is 25.3 Å². The lowest BCUT2D eigenvalue weighted by Gasteiger charge is -2.26. The van der Waals surface area contributed by atoms with E-state index in [0.717, 1.165) is 11.8 Å². The van der Waals surface area contributed by atoms with Gasteiger partial charge in [-0.2, -0.15) is 0 Å². The molecule has 0 amide bonds. The number of halogens is 1. The van der Waals surface area contributed by atoms with Gasteiger partial charge in [-0.25, -0.2) is 0 Å². The number of alkyl halides is 1. The summed E-state index contributed by atoms with van der Waals surface area (Å²) in [5.41, 5.74) is 0. The highest BCUT2D eigenvalue weighted by atomic mass is 35.5. The van der Waals surface area contributed by atoms with Crippen LogP contribution < -0.4 is 0 Å². The van der Waals surface area contributed by atoms with Crippen LogP contribution in [0.3, 0.4) is 0 Å². The molecule has 1 atom stereocenters. The molecule has 1 aliphatic rings. The number of rotatable bonds is 5. The second-order valence-electron chi connectivity index (χ2n) is 4.13. The lowest BCUT2D eigenvalue weighted by Crippen LogP contribution is -2.34. The molecule has 0 aliphatic carbocycles. The van der Waals surface area contributed by atoms with Crippen LogP contribution in [0.5, 0.6) is 0 Å². The summed E-state index contributed by atoms with van der Waals surface area (Å²) in [5, 5.41) is 0. The van der Waals surface area contributed by atoms with Gasteiger partial charge in [-0.15, -0.1) is 11.6 Å². The fourth-order valence-electron chi connectivity index (χ4n) is 2.19. The number of hydrogen-bond acceptors (Lipinski definition) is 1. The maximum absolute atomic E-state index is 5.93. The van der Waals surface area contributed by atoms with Gasteiger partial charge in [0.05, 0.1) is 0 Å². The monoisotopic (exact) mass is 203 g/mol. The summed E-state index contributed by atoms with van der Waals surface area (Å²) in [6.07, 6.45) is 5.27. The van der Waals surface area contributed by atoms with Crippen molar-refractivity contribution in [2.24, 2.45) is 5.92 Å². The number of likely N-dealkylation sites (tertiary alicyclic amines) is 1. The molecule has 0 aromatic carbocycles. The first-order valence-corrected chi connectivity index (χ1v) is 6.15. The highest BCUT2D eigenvalue weighted by Crippen LogP contribution is 2.21. The maximum Gasteiger partial charge on any atom is 0.0379 e. The van der Waals surface area contributed by atoms with Crippen molar-refractivity contribution in [2.75, 3.05) is 19.0 Å². The van der Waals surface area contributed by atoms with Crippen molar-refractivity contribution in [1.29, 1.82) is 0 Å². The third-order valence-corrected chi connectivity index (χ3v) is 3.68. The molecule has 1 rings (SSSR count). The summed E-state index contributed by atoms with van der Waals surface area (Å²) in [5.74, 6) is 1.70. The molecule has 2 heteroatoms. The molecule has 1 saturated heterocycles. The van der Waals surface area contributed by atoms with Gasteiger partial charge < -0.3 is 0 Å². The first-order valence-electron chi connectivity index (χ1n) is 5.61. The van der Waals surface area contributed by atoms with Crippen LogP contribution in [0.15, 0.2) is 0 Å². The topological polar surface area (TPSA) is 3.24 Å². The zero-order valence-corrected chi connectivity index (χ0v) is 9.69. The molecule has 78 valence electrons. The van der Waals surface area contributed by atoms with Crippen LogP contribution in [0.1, 0.15) is 39.5 Å². The van der Waals surface area contributed by atoms with Gasteiger partial charge in [-0.1, -0.05) is 26.7 Å². The molecular weight excluding hydrogens is 182 g/mol. The van der Waals surface area contributed by atoms with Crippen molar-refractivity contribution in [3.8, 4) is 0 Å². The van der Waals surface area contributed by atoms with E-state index in [9.17, 15) is 0 Å². The summed E-state index contributed by atoms with van der Waals surface area (Å²) in [7, 11) is 0. The summed E-state index contributed by atoms with van der Waals surface area (Å²) in [6.45, 7) is 7.12. The van der Waals surface area contributed by atoms with Crippen LogP contribution in [-0.4, -0.2) is 29.9 Å². The van der Waals surface area contributed by atoms with E-state index in [1.165, 1.54) is 38.8 Å².